The van der Waals surface area contributed by atoms with Crippen LogP contribution in [0.3, 0.4) is 0 Å². The van der Waals surface area contributed by atoms with Gasteiger partial charge in [-0.05, 0) is 6.42 Å². The van der Waals surface area contributed by atoms with Crippen molar-refractivity contribution in [3.8, 4) is 0 Å². The Balaban J connectivity index is 2.06. The van der Waals surface area contributed by atoms with Crippen LogP contribution in [-0.4, -0.2) is 43.9 Å². The number of likely N-dealkylation sites (tertiary alicyclic amines) is 1. The van der Waals surface area contributed by atoms with Gasteiger partial charge in [-0.25, -0.2) is 0 Å². The number of carbonyl (C=O) groups excluding carboxylic acids is 1. The molecule has 70 valence electrons. The van der Waals surface area contributed by atoms with Crippen LogP contribution in [-0.2, 0) is 0 Å². The van der Waals surface area contributed by atoms with Gasteiger partial charge in [-0.3, -0.25) is 4.79 Å². The molecule has 2 rings (SSSR count). The second kappa shape index (κ2) is 3.39. The molecule has 0 unspecified atom stereocenters. The molecule has 1 aliphatic rings. The van der Waals surface area contributed by atoms with E-state index in [9.17, 15) is 9.90 Å². The largest absolute Gasteiger partial charge is 0.391 e. The number of amides is 1. The van der Waals surface area contributed by atoms with Crippen molar-refractivity contribution in [1.82, 2.24) is 13.6 Å². The minimum absolute atomic E-state index is 0.134. The average molecular weight is 199 g/mol. The van der Waals surface area contributed by atoms with Gasteiger partial charge in [-0.15, -0.1) is 0 Å². The Morgan fingerprint density at radius 1 is 1.77 bits per heavy atom. The van der Waals surface area contributed by atoms with Crippen LogP contribution < -0.4 is 0 Å². The SMILES string of the molecule is O=C(c1cnsn1)N1CC[C@H](O)C1. The predicted octanol–water partition coefficient (Wildman–Crippen LogP) is -0.255. The minimum atomic E-state index is -0.379. The van der Waals surface area contributed by atoms with Gasteiger partial charge in [0.15, 0.2) is 5.69 Å². The predicted molar refractivity (Wildman–Crippen MR) is 46.4 cm³/mol. The number of rotatable bonds is 1. The van der Waals surface area contributed by atoms with E-state index in [-0.39, 0.29) is 12.0 Å². The van der Waals surface area contributed by atoms with Crippen molar-refractivity contribution < 1.29 is 9.90 Å². The first-order valence-corrected chi connectivity index (χ1v) is 4.75. The van der Waals surface area contributed by atoms with Gasteiger partial charge in [-0.1, -0.05) is 0 Å². The van der Waals surface area contributed by atoms with Crippen LogP contribution in [0.1, 0.15) is 16.9 Å². The Morgan fingerprint density at radius 3 is 3.15 bits per heavy atom. The van der Waals surface area contributed by atoms with Gasteiger partial charge in [0.25, 0.3) is 5.91 Å². The van der Waals surface area contributed by atoms with Crippen LogP contribution in [0.25, 0.3) is 0 Å². The van der Waals surface area contributed by atoms with Crippen molar-refractivity contribution >= 4 is 17.6 Å². The summed E-state index contributed by atoms with van der Waals surface area (Å²) in [6, 6.07) is 0. The summed E-state index contributed by atoms with van der Waals surface area (Å²) in [6.07, 6.45) is 1.73. The molecule has 1 N–H and O–H groups in total. The number of hydrogen-bond donors (Lipinski definition) is 1. The second-order valence-electron chi connectivity index (χ2n) is 2.99. The molecule has 5 nitrogen and oxygen atoms in total. The monoisotopic (exact) mass is 199 g/mol. The van der Waals surface area contributed by atoms with E-state index in [1.54, 1.807) is 4.90 Å². The summed E-state index contributed by atoms with van der Waals surface area (Å²) in [5.74, 6) is -0.134. The molecule has 0 aliphatic carbocycles. The molecule has 1 amide bonds. The zero-order valence-electron chi connectivity index (χ0n) is 6.88. The molecule has 0 radical (unpaired) electrons. The molecular formula is C7H9N3O2S. The zero-order valence-corrected chi connectivity index (χ0v) is 7.70. The van der Waals surface area contributed by atoms with E-state index in [0.717, 1.165) is 11.7 Å². The molecule has 1 saturated heterocycles. The summed E-state index contributed by atoms with van der Waals surface area (Å²) >= 11 is 1.02. The highest BCUT2D eigenvalue weighted by molar-refractivity contribution is 6.99. The number of β-amino-alcohol motifs (C(OH)–C–C–N with tert-alkyl or cyclic N) is 1. The summed E-state index contributed by atoms with van der Waals surface area (Å²) in [6.45, 7) is 1.02. The van der Waals surface area contributed by atoms with Crippen molar-refractivity contribution in [2.75, 3.05) is 13.1 Å². The highest BCUT2D eigenvalue weighted by Crippen LogP contribution is 2.12. The van der Waals surface area contributed by atoms with Gasteiger partial charge >= 0.3 is 0 Å². The molecular weight excluding hydrogens is 190 g/mol. The summed E-state index contributed by atoms with van der Waals surface area (Å²) in [4.78, 5) is 13.2. The Hall–Kier alpha value is -1.01. The van der Waals surface area contributed by atoms with Crippen molar-refractivity contribution in [1.29, 1.82) is 0 Å². The lowest BCUT2D eigenvalue weighted by molar-refractivity contribution is 0.0760. The molecule has 1 aliphatic heterocycles. The number of aliphatic hydroxyl groups excluding tert-OH is 1. The fraction of sp³-hybridized carbons (Fsp3) is 0.571. The molecule has 0 bridgehead atoms. The topological polar surface area (TPSA) is 66.3 Å². The standard InChI is InChI=1S/C7H9N3O2S/c11-5-1-2-10(4-5)7(12)6-3-8-13-9-6/h3,5,11H,1-2,4H2/t5-/m0/s1. The maximum atomic E-state index is 11.6. The number of aromatic nitrogens is 2. The van der Waals surface area contributed by atoms with Gasteiger partial charge in [0.05, 0.1) is 24.0 Å². The summed E-state index contributed by atoms with van der Waals surface area (Å²) < 4.78 is 7.60. The van der Waals surface area contributed by atoms with E-state index < -0.39 is 0 Å². The Morgan fingerprint density at radius 2 is 2.62 bits per heavy atom. The second-order valence-corrected chi connectivity index (χ2v) is 3.54. The molecule has 1 aromatic heterocycles. The minimum Gasteiger partial charge on any atom is -0.391 e. The van der Waals surface area contributed by atoms with E-state index in [4.69, 9.17) is 0 Å². The molecule has 0 saturated carbocycles. The quantitative estimate of drug-likeness (QED) is 0.677. The van der Waals surface area contributed by atoms with Crippen molar-refractivity contribution in [2.45, 2.75) is 12.5 Å². The normalized spacial score (nSPS) is 22.2. The lowest BCUT2D eigenvalue weighted by Gasteiger charge is -2.12. The van der Waals surface area contributed by atoms with Crippen molar-refractivity contribution in [3.63, 3.8) is 0 Å². The van der Waals surface area contributed by atoms with Gasteiger partial charge in [0.2, 0.25) is 0 Å². The third kappa shape index (κ3) is 1.68. The summed E-state index contributed by atoms with van der Waals surface area (Å²) in [7, 11) is 0. The van der Waals surface area contributed by atoms with Crippen LogP contribution in [0.2, 0.25) is 0 Å². The molecule has 1 atom stereocenters. The number of aliphatic hydroxyl groups is 1. The first-order valence-electron chi connectivity index (χ1n) is 4.02. The third-order valence-corrected chi connectivity index (χ3v) is 2.51. The highest BCUT2D eigenvalue weighted by atomic mass is 32.1. The third-order valence-electron chi connectivity index (χ3n) is 2.03. The zero-order chi connectivity index (χ0) is 9.26. The number of carbonyl (C=O) groups is 1. The molecule has 2 heterocycles. The van der Waals surface area contributed by atoms with E-state index in [2.05, 4.69) is 8.75 Å². The Kier molecular flexibility index (Phi) is 2.24. The number of hydrogen-bond acceptors (Lipinski definition) is 5. The van der Waals surface area contributed by atoms with Gasteiger partial charge in [0.1, 0.15) is 0 Å². The lowest BCUT2D eigenvalue weighted by atomic mass is 10.3. The summed E-state index contributed by atoms with van der Waals surface area (Å²) in [5, 5.41) is 9.22. The molecule has 6 heteroatoms. The van der Waals surface area contributed by atoms with E-state index in [1.807, 2.05) is 0 Å². The Labute approximate surface area is 79.3 Å². The van der Waals surface area contributed by atoms with Crippen molar-refractivity contribution in [2.24, 2.45) is 0 Å². The van der Waals surface area contributed by atoms with E-state index in [0.29, 0.717) is 25.2 Å². The van der Waals surface area contributed by atoms with Crippen molar-refractivity contribution in [3.05, 3.63) is 11.9 Å². The Bertz CT molecular complexity index is 301. The molecule has 0 aromatic carbocycles. The molecule has 1 fully saturated rings. The molecule has 0 spiro atoms. The first kappa shape index (κ1) is 8.58. The average Bonchev–Trinajstić information content (AvgIpc) is 2.72. The summed E-state index contributed by atoms with van der Waals surface area (Å²) in [5.41, 5.74) is 0.374. The molecule has 13 heavy (non-hydrogen) atoms. The van der Waals surface area contributed by atoms with E-state index in [1.165, 1.54) is 6.20 Å². The maximum absolute atomic E-state index is 11.6. The van der Waals surface area contributed by atoms with Crippen LogP contribution in [0.5, 0.6) is 0 Å². The van der Waals surface area contributed by atoms with Crippen LogP contribution in [0.15, 0.2) is 6.20 Å². The fourth-order valence-corrected chi connectivity index (χ4v) is 1.75. The fourth-order valence-electron chi connectivity index (χ4n) is 1.35. The van der Waals surface area contributed by atoms with Gasteiger partial charge in [0, 0.05) is 13.1 Å². The van der Waals surface area contributed by atoms with Crippen LogP contribution in [0, 0.1) is 0 Å². The maximum Gasteiger partial charge on any atom is 0.275 e. The van der Waals surface area contributed by atoms with E-state index >= 15 is 0 Å². The lowest BCUT2D eigenvalue weighted by Crippen LogP contribution is -2.29. The van der Waals surface area contributed by atoms with Crippen LogP contribution in [0.4, 0.5) is 0 Å². The molecule has 1 aromatic rings. The number of nitrogens with zero attached hydrogens (tertiary/aromatic N) is 3. The van der Waals surface area contributed by atoms with Crippen LogP contribution >= 0.6 is 11.7 Å². The smallest absolute Gasteiger partial charge is 0.275 e. The highest BCUT2D eigenvalue weighted by Gasteiger charge is 2.26. The van der Waals surface area contributed by atoms with Gasteiger partial charge in [-0.2, -0.15) is 8.75 Å². The van der Waals surface area contributed by atoms with Gasteiger partial charge < -0.3 is 10.0 Å². The first-order chi connectivity index (χ1) is 6.27.